The van der Waals surface area contributed by atoms with Crippen LogP contribution in [0.15, 0.2) is 64.9 Å². The van der Waals surface area contributed by atoms with E-state index in [1.807, 2.05) is 16.7 Å². The SMILES string of the molecule is C[C@]12CC[C@H]3[C@@H](CCC4=CC(=O)C=C[C@@]43C)[C@@H]1CC[C@@H]2c1cc(-c2ccc(Br)cc2)n2ncnc2n1. The lowest BCUT2D eigenvalue weighted by molar-refractivity contribution is -0.111. The number of halogens is 1. The van der Waals surface area contributed by atoms with Gasteiger partial charge in [0, 0.05) is 21.4 Å². The summed E-state index contributed by atoms with van der Waals surface area (Å²) in [4.78, 5) is 21.7. The van der Waals surface area contributed by atoms with Crippen LogP contribution in [0.1, 0.15) is 64.0 Å². The van der Waals surface area contributed by atoms with E-state index in [0.717, 1.165) is 22.2 Å². The quantitative estimate of drug-likeness (QED) is 0.351. The molecule has 36 heavy (non-hydrogen) atoms. The number of hydrogen-bond acceptors (Lipinski definition) is 4. The van der Waals surface area contributed by atoms with Crippen LogP contribution in [-0.2, 0) is 4.79 Å². The summed E-state index contributed by atoms with van der Waals surface area (Å²) in [5.74, 6) is 3.30. The van der Waals surface area contributed by atoms with Gasteiger partial charge in [-0.25, -0.2) is 4.98 Å². The molecule has 0 radical (unpaired) electrons. The molecule has 1 aromatic carbocycles. The van der Waals surface area contributed by atoms with Crippen LogP contribution < -0.4 is 0 Å². The largest absolute Gasteiger partial charge is 0.290 e. The fourth-order valence-corrected chi connectivity index (χ4v) is 8.78. The summed E-state index contributed by atoms with van der Waals surface area (Å²) < 4.78 is 2.93. The Bertz CT molecular complexity index is 1440. The molecule has 3 aromatic rings. The molecule has 6 heteroatoms. The lowest BCUT2D eigenvalue weighted by atomic mass is 9.47. The summed E-state index contributed by atoms with van der Waals surface area (Å²) in [7, 11) is 0. The van der Waals surface area contributed by atoms with E-state index in [1.165, 1.54) is 43.4 Å². The molecular formula is C30H31BrN4O. The monoisotopic (exact) mass is 542 g/mol. The second kappa shape index (κ2) is 7.95. The van der Waals surface area contributed by atoms with Crippen molar-refractivity contribution in [2.45, 2.75) is 58.3 Å². The second-order valence-corrected chi connectivity index (χ2v) is 12.7. The smallest absolute Gasteiger partial charge is 0.252 e. The highest BCUT2D eigenvalue weighted by Gasteiger charge is 2.59. The van der Waals surface area contributed by atoms with E-state index in [1.54, 1.807) is 6.33 Å². The Balaban J connectivity index is 1.26. The van der Waals surface area contributed by atoms with Gasteiger partial charge in [-0.15, -0.1) is 0 Å². The first-order valence-corrected chi connectivity index (χ1v) is 14.1. The predicted octanol–water partition coefficient (Wildman–Crippen LogP) is 6.95. The van der Waals surface area contributed by atoms with Gasteiger partial charge in [0.2, 0.25) is 0 Å². The summed E-state index contributed by atoms with van der Waals surface area (Å²) in [6.45, 7) is 4.92. The highest BCUT2D eigenvalue weighted by Crippen LogP contribution is 2.67. The van der Waals surface area contributed by atoms with Gasteiger partial charge in [0.05, 0.1) is 11.4 Å². The average molecular weight is 544 g/mol. The molecule has 0 unspecified atom stereocenters. The third-order valence-corrected chi connectivity index (χ3v) is 10.9. The summed E-state index contributed by atoms with van der Waals surface area (Å²) in [6.07, 6.45) is 14.7. The number of allylic oxidation sites excluding steroid dienone is 4. The highest BCUT2D eigenvalue weighted by atomic mass is 79.9. The lowest BCUT2D eigenvalue weighted by Crippen LogP contribution is -2.49. The predicted molar refractivity (Wildman–Crippen MR) is 143 cm³/mol. The minimum Gasteiger partial charge on any atom is -0.290 e. The van der Waals surface area contributed by atoms with Crippen LogP contribution in [0.25, 0.3) is 17.0 Å². The lowest BCUT2D eigenvalue weighted by Gasteiger charge is -2.57. The van der Waals surface area contributed by atoms with Crippen molar-refractivity contribution in [3.05, 3.63) is 70.6 Å². The van der Waals surface area contributed by atoms with E-state index in [-0.39, 0.29) is 16.6 Å². The van der Waals surface area contributed by atoms with Crippen molar-refractivity contribution in [3.63, 3.8) is 0 Å². The number of rotatable bonds is 2. The van der Waals surface area contributed by atoms with Gasteiger partial charge in [-0.2, -0.15) is 14.6 Å². The van der Waals surface area contributed by atoms with Gasteiger partial charge in [0.1, 0.15) is 6.33 Å². The summed E-state index contributed by atoms with van der Waals surface area (Å²) >= 11 is 3.56. The summed E-state index contributed by atoms with van der Waals surface area (Å²) in [5.41, 5.74) is 4.99. The number of carbonyl (C=O) groups excluding carboxylic acids is 1. The van der Waals surface area contributed by atoms with Crippen LogP contribution in [0.4, 0.5) is 0 Å². The van der Waals surface area contributed by atoms with Gasteiger partial charge in [-0.1, -0.05) is 53.6 Å². The highest BCUT2D eigenvalue weighted by molar-refractivity contribution is 9.10. The molecule has 184 valence electrons. The fraction of sp³-hybridized carbons (Fsp3) is 0.467. The topological polar surface area (TPSA) is 60.2 Å². The Kier molecular flexibility index (Phi) is 4.99. The Morgan fingerprint density at radius 2 is 1.89 bits per heavy atom. The number of nitrogens with zero attached hydrogens (tertiary/aromatic N) is 4. The molecule has 0 aliphatic heterocycles. The molecule has 0 amide bonds. The van der Waals surface area contributed by atoms with Crippen LogP contribution >= 0.6 is 15.9 Å². The molecule has 7 rings (SSSR count). The molecule has 6 atom stereocenters. The summed E-state index contributed by atoms with van der Waals surface area (Å²) in [5, 5.41) is 4.48. The van der Waals surface area contributed by atoms with Crippen LogP contribution in [0.3, 0.4) is 0 Å². The Labute approximate surface area is 220 Å². The third-order valence-electron chi connectivity index (χ3n) is 10.3. The Morgan fingerprint density at radius 1 is 1.06 bits per heavy atom. The zero-order valence-electron chi connectivity index (χ0n) is 20.8. The maximum absolute atomic E-state index is 12.1. The molecule has 4 aliphatic carbocycles. The normalized spacial score (nSPS) is 35.3. The maximum Gasteiger partial charge on any atom is 0.252 e. The van der Waals surface area contributed by atoms with E-state index in [9.17, 15) is 4.79 Å². The number of fused-ring (bicyclic) bond motifs is 6. The van der Waals surface area contributed by atoms with E-state index >= 15 is 0 Å². The minimum absolute atomic E-state index is 0.0453. The van der Waals surface area contributed by atoms with Crippen molar-refractivity contribution in [1.29, 1.82) is 0 Å². The minimum atomic E-state index is 0.0453. The third kappa shape index (κ3) is 3.19. The van der Waals surface area contributed by atoms with Crippen molar-refractivity contribution in [2.75, 3.05) is 0 Å². The molecule has 0 spiro atoms. The molecule has 0 saturated heterocycles. The van der Waals surface area contributed by atoms with E-state index in [2.05, 4.69) is 76.3 Å². The van der Waals surface area contributed by atoms with Gasteiger partial charge < -0.3 is 0 Å². The molecular weight excluding hydrogens is 512 g/mol. The number of benzene rings is 1. The van der Waals surface area contributed by atoms with Gasteiger partial charge in [-0.3, -0.25) is 4.79 Å². The van der Waals surface area contributed by atoms with Crippen molar-refractivity contribution < 1.29 is 4.79 Å². The Hall–Kier alpha value is -2.60. The van der Waals surface area contributed by atoms with Gasteiger partial charge in [0.15, 0.2) is 5.78 Å². The van der Waals surface area contributed by atoms with Crippen LogP contribution in [0.2, 0.25) is 0 Å². The van der Waals surface area contributed by atoms with Crippen LogP contribution in [0.5, 0.6) is 0 Å². The first-order chi connectivity index (χ1) is 17.4. The number of ketones is 1. The van der Waals surface area contributed by atoms with Gasteiger partial charge in [0.25, 0.3) is 5.78 Å². The maximum atomic E-state index is 12.1. The Morgan fingerprint density at radius 3 is 2.72 bits per heavy atom. The zero-order chi connectivity index (χ0) is 24.7. The van der Waals surface area contributed by atoms with Crippen molar-refractivity contribution in [1.82, 2.24) is 19.6 Å². The summed E-state index contributed by atoms with van der Waals surface area (Å²) in [6, 6.07) is 10.7. The first-order valence-electron chi connectivity index (χ1n) is 13.3. The first kappa shape index (κ1) is 22.6. The molecule has 3 saturated carbocycles. The second-order valence-electron chi connectivity index (χ2n) is 11.8. The van der Waals surface area contributed by atoms with Crippen LogP contribution in [0, 0.1) is 28.6 Å². The van der Waals surface area contributed by atoms with Gasteiger partial charge in [-0.05, 0) is 92.0 Å². The van der Waals surface area contributed by atoms with E-state index in [0.29, 0.717) is 29.4 Å². The molecule has 0 N–H and O–H groups in total. The van der Waals surface area contributed by atoms with Gasteiger partial charge >= 0.3 is 0 Å². The van der Waals surface area contributed by atoms with Crippen molar-refractivity contribution in [2.24, 2.45) is 28.6 Å². The molecule has 5 nitrogen and oxygen atoms in total. The number of aromatic nitrogens is 4. The van der Waals surface area contributed by atoms with E-state index in [4.69, 9.17) is 4.98 Å². The zero-order valence-corrected chi connectivity index (χ0v) is 22.4. The van der Waals surface area contributed by atoms with Crippen LogP contribution in [-0.4, -0.2) is 25.4 Å². The van der Waals surface area contributed by atoms with Crippen molar-refractivity contribution in [3.8, 4) is 11.3 Å². The molecule has 4 aliphatic rings. The number of hydrogen-bond donors (Lipinski definition) is 0. The van der Waals surface area contributed by atoms with E-state index < -0.39 is 0 Å². The molecule has 2 heterocycles. The fourth-order valence-electron chi connectivity index (χ4n) is 8.52. The van der Waals surface area contributed by atoms with Crippen molar-refractivity contribution >= 4 is 27.5 Å². The molecule has 2 aromatic heterocycles. The molecule has 3 fully saturated rings. The standard InChI is InChI=1S/C30H31BrN4O/c1-29-13-11-21(36)15-19(29)5-8-22-23-9-10-25(30(23,2)14-12-24(22)29)26-16-27(18-3-6-20(31)7-4-18)35-28(34-26)32-17-33-35/h3-4,6-7,11,13,15-17,22-25H,5,8-10,12,14H2,1-2H3/t22-,23-,24-,25+,29-,30-/m0/s1. The average Bonchev–Trinajstić information content (AvgIpc) is 3.48. The number of carbonyl (C=O) groups is 1. The molecule has 0 bridgehead atoms.